The summed E-state index contributed by atoms with van der Waals surface area (Å²) in [5, 5.41) is 12.6. The van der Waals surface area contributed by atoms with Gasteiger partial charge in [-0.15, -0.1) is 4.33 Å². The molecule has 6 rings (SSSR count). The molecule has 0 heterocycles. The number of ether oxygens (including phenoxy) is 2. The molecule has 10 nitrogen and oxygen atoms in total. The summed E-state index contributed by atoms with van der Waals surface area (Å²) in [5.74, 6) is 1.79. The highest BCUT2D eigenvalue weighted by molar-refractivity contribution is 7.94. The van der Waals surface area contributed by atoms with Crippen LogP contribution in [0.5, 0.6) is 28.7 Å². The van der Waals surface area contributed by atoms with Crippen LogP contribution in [0.15, 0.2) is 138 Å². The van der Waals surface area contributed by atoms with Crippen LogP contribution in [0.1, 0.15) is 67.9 Å². The van der Waals surface area contributed by atoms with Gasteiger partial charge in [0.1, 0.15) is 28.7 Å². The van der Waals surface area contributed by atoms with E-state index in [1.54, 1.807) is 55.5 Å². The van der Waals surface area contributed by atoms with E-state index in [-0.39, 0.29) is 33.9 Å². The maximum Gasteiger partial charge on any atom is 0.357 e. The molecule has 0 saturated heterocycles. The Kier molecular flexibility index (Phi) is 12.3. The fraction of sp³-hybridized carbons (Fsp3) is 0.116. The smallest absolute Gasteiger partial charge is 0.357 e. The predicted octanol–water partition coefficient (Wildman–Crippen LogP) is 10.6. The van der Waals surface area contributed by atoms with Gasteiger partial charge in [0.25, 0.3) is 0 Å². The van der Waals surface area contributed by atoms with E-state index in [1.807, 2.05) is 79.7 Å². The zero-order chi connectivity index (χ0) is 39.1. The lowest BCUT2D eigenvalue weighted by Gasteiger charge is -2.26. The highest BCUT2D eigenvalue weighted by Gasteiger charge is 2.24. The lowest BCUT2D eigenvalue weighted by atomic mass is 9.78. The Balaban J connectivity index is 1.12. The first-order chi connectivity index (χ1) is 26.4. The Bertz CT molecular complexity index is 2320. The molecule has 0 fully saturated rings. The van der Waals surface area contributed by atoms with E-state index in [9.17, 15) is 13.8 Å². The number of carbonyl (C=O) groups excluding carboxylic acids is 2. The van der Waals surface area contributed by atoms with Crippen LogP contribution < -0.4 is 13.7 Å². The summed E-state index contributed by atoms with van der Waals surface area (Å²) in [4.78, 5) is 26.5. The number of benzene rings is 6. The molecule has 1 atom stereocenters. The van der Waals surface area contributed by atoms with Crippen molar-refractivity contribution in [1.82, 2.24) is 0 Å². The molecule has 1 unspecified atom stereocenters. The number of hydrogen-bond acceptors (Lipinski definition) is 10. The SMILES string of the molecule is Cc1ccc(C(=O)c2ccc(Oc3ccc(C(C)(C)c4ccc(Oc5ccc(C(=O)c6ccc(C)c(OS(=O)O)c6)cc5SOOO)cc4)cc3)cc2)cc1. The zero-order valence-corrected chi connectivity index (χ0v) is 31.8. The van der Waals surface area contributed by atoms with Crippen LogP contribution in [0, 0.1) is 13.8 Å². The molecule has 0 aliphatic rings. The third-order valence-corrected chi connectivity index (χ3v) is 9.97. The molecule has 0 amide bonds. The molecule has 2 N–H and O–H groups in total. The summed E-state index contributed by atoms with van der Waals surface area (Å²) in [6.45, 7) is 7.90. The minimum Gasteiger partial charge on any atom is -0.457 e. The molecular weight excluding hydrogens is 741 g/mol. The van der Waals surface area contributed by atoms with Crippen molar-refractivity contribution >= 4 is 35.0 Å². The maximum absolute atomic E-state index is 13.3. The second kappa shape index (κ2) is 17.2. The molecule has 0 spiro atoms. The van der Waals surface area contributed by atoms with Gasteiger partial charge < -0.3 is 13.7 Å². The van der Waals surface area contributed by atoms with E-state index in [0.717, 1.165) is 16.7 Å². The first-order valence-electron chi connectivity index (χ1n) is 16.9. The quantitative estimate of drug-likeness (QED) is 0.0339. The van der Waals surface area contributed by atoms with Crippen LogP contribution in [0.25, 0.3) is 0 Å². The van der Waals surface area contributed by atoms with E-state index in [1.165, 1.54) is 12.1 Å². The minimum atomic E-state index is -2.55. The van der Waals surface area contributed by atoms with Crippen molar-refractivity contribution in [3.63, 3.8) is 0 Å². The van der Waals surface area contributed by atoms with Crippen LogP contribution in [0.3, 0.4) is 0 Å². The van der Waals surface area contributed by atoms with E-state index < -0.39 is 11.4 Å². The van der Waals surface area contributed by atoms with Gasteiger partial charge in [0.2, 0.25) is 0 Å². The van der Waals surface area contributed by atoms with Crippen LogP contribution in [0.2, 0.25) is 0 Å². The van der Waals surface area contributed by atoms with Crippen LogP contribution in [-0.2, 0) is 26.1 Å². The molecule has 55 heavy (non-hydrogen) atoms. The summed E-state index contributed by atoms with van der Waals surface area (Å²) < 4.78 is 42.1. The molecule has 280 valence electrons. The van der Waals surface area contributed by atoms with Crippen molar-refractivity contribution in [2.24, 2.45) is 0 Å². The molecule has 12 heteroatoms. The van der Waals surface area contributed by atoms with Gasteiger partial charge in [-0.25, -0.2) is 5.26 Å². The Morgan fingerprint density at radius 3 is 1.64 bits per heavy atom. The molecule has 0 aliphatic carbocycles. The van der Waals surface area contributed by atoms with Gasteiger partial charge in [0.05, 0.1) is 16.9 Å². The number of ketones is 2. The van der Waals surface area contributed by atoms with Crippen LogP contribution >= 0.6 is 12.0 Å². The monoisotopic (exact) mass is 776 g/mol. The largest absolute Gasteiger partial charge is 0.457 e. The Morgan fingerprint density at radius 2 is 1.07 bits per heavy atom. The van der Waals surface area contributed by atoms with Crippen molar-refractivity contribution in [3.8, 4) is 28.7 Å². The Morgan fingerprint density at radius 1 is 0.600 bits per heavy atom. The second-order valence-electron chi connectivity index (χ2n) is 13.1. The Hall–Kier alpha value is -5.60. The third kappa shape index (κ3) is 9.56. The minimum absolute atomic E-state index is 0.0426. The third-order valence-electron chi connectivity index (χ3n) is 9.02. The number of carbonyl (C=O) groups is 2. The summed E-state index contributed by atoms with van der Waals surface area (Å²) in [5.41, 5.74) is 5.11. The number of hydrogen-bond donors (Lipinski definition) is 2. The average Bonchev–Trinajstić information content (AvgIpc) is 3.18. The predicted molar refractivity (Wildman–Crippen MR) is 209 cm³/mol. The molecule has 0 radical (unpaired) electrons. The topological polar surface area (TPSA) is 138 Å². The summed E-state index contributed by atoms with van der Waals surface area (Å²) in [6.07, 6.45) is 0. The molecular formula is C43H36O10S2. The zero-order valence-electron chi connectivity index (χ0n) is 30.2. The van der Waals surface area contributed by atoms with E-state index in [2.05, 4.69) is 23.2 Å². The molecule has 0 aromatic heterocycles. The van der Waals surface area contributed by atoms with Crippen molar-refractivity contribution in [2.45, 2.75) is 38.0 Å². The van der Waals surface area contributed by atoms with Crippen molar-refractivity contribution < 1.29 is 46.6 Å². The first-order valence-corrected chi connectivity index (χ1v) is 18.7. The standard InChI is InChI=1S/C43H36O10S2/c1-27-5-8-29(9-6-27)41(44)30-11-18-35(19-12-30)49-36-20-14-33(15-21-36)43(3,4)34-16-22-37(23-17-34)50-38-24-13-32(26-40(38)54-53-52-46)42(45)31-10-7-28(2)39(25-31)51-55(47)48/h5-26,46H,1-4H3,(H,47,48). The maximum atomic E-state index is 13.3. The highest BCUT2D eigenvalue weighted by atomic mass is 32.2. The molecule has 6 aromatic carbocycles. The Labute approximate surface area is 325 Å². The van der Waals surface area contributed by atoms with Gasteiger partial charge in [-0.1, -0.05) is 85.1 Å². The normalized spacial score (nSPS) is 11.8. The number of rotatable bonds is 15. The van der Waals surface area contributed by atoms with Crippen LogP contribution in [0.4, 0.5) is 0 Å². The molecule has 0 saturated carbocycles. The average molecular weight is 777 g/mol. The first kappa shape index (κ1) is 39.1. The summed E-state index contributed by atoms with van der Waals surface area (Å²) >= 11 is -1.91. The van der Waals surface area contributed by atoms with E-state index in [0.29, 0.717) is 56.6 Å². The van der Waals surface area contributed by atoms with Crippen molar-refractivity contribution in [1.29, 1.82) is 0 Å². The summed E-state index contributed by atoms with van der Waals surface area (Å²) in [6, 6.07) is 39.3. The molecule has 0 bridgehead atoms. The molecule has 0 aliphatic heterocycles. The summed E-state index contributed by atoms with van der Waals surface area (Å²) in [7, 11) is 0. The van der Waals surface area contributed by atoms with Crippen LogP contribution in [-0.4, -0.2) is 25.6 Å². The van der Waals surface area contributed by atoms with E-state index in [4.69, 9.17) is 23.5 Å². The van der Waals surface area contributed by atoms with Gasteiger partial charge in [-0.2, -0.15) is 4.21 Å². The highest BCUT2D eigenvalue weighted by Crippen LogP contribution is 2.38. The fourth-order valence-corrected chi connectivity index (χ4v) is 6.58. The second-order valence-corrected chi connectivity index (χ2v) is 14.4. The van der Waals surface area contributed by atoms with Gasteiger partial charge in [0, 0.05) is 27.7 Å². The number of aryl methyl sites for hydroxylation is 2. The van der Waals surface area contributed by atoms with Gasteiger partial charge >= 0.3 is 11.4 Å². The van der Waals surface area contributed by atoms with Crippen molar-refractivity contribution in [2.75, 3.05) is 0 Å². The lowest BCUT2D eigenvalue weighted by molar-refractivity contribution is -0.432. The lowest BCUT2D eigenvalue weighted by Crippen LogP contribution is -2.18. The van der Waals surface area contributed by atoms with Gasteiger partial charge in [-0.3, -0.25) is 14.1 Å². The van der Waals surface area contributed by atoms with E-state index >= 15 is 0 Å². The molecule has 6 aromatic rings. The van der Waals surface area contributed by atoms with Gasteiger partial charge in [-0.05, 0) is 103 Å². The van der Waals surface area contributed by atoms with Crippen molar-refractivity contribution in [3.05, 3.63) is 178 Å². The van der Waals surface area contributed by atoms with Gasteiger partial charge in [0.15, 0.2) is 11.6 Å². The fourth-order valence-electron chi connectivity index (χ4n) is 5.78.